The molecule has 0 aliphatic heterocycles. The first kappa shape index (κ1) is 27.9. The largest absolute Gasteiger partial charge is 0.483 e. The predicted octanol–water partition coefficient (Wildman–Crippen LogP) is 6.15. The van der Waals surface area contributed by atoms with Gasteiger partial charge in [0.2, 0.25) is 5.91 Å². The lowest BCUT2D eigenvalue weighted by atomic mass is 9.96. The van der Waals surface area contributed by atoms with Crippen LogP contribution < -0.4 is 10.1 Å². The topological polar surface area (TPSA) is 95.3 Å². The number of aryl methyl sites for hydroxylation is 2. The monoisotopic (exact) mass is 554 g/mol. The average Bonchev–Trinajstić information content (AvgIpc) is 3.44. The van der Waals surface area contributed by atoms with Gasteiger partial charge >= 0.3 is 5.97 Å². The van der Waals surface area contributed by atoms with Crippen LogP contribution in [0.5, 0.6) is 5.75 Å². The van der Waals surface area contributed by atoms with Gasteiger partial charge in [-0.15, -0.1) is 28.1 Å². The number of anilines is 1. The maximum atomic E-state index is 13.0. The number of thiophene rings is 1. The molecule has 38 heavy (non-hydrogen) atoms. The van der Waals surface area contributed by atoms with Crippen LogP contribution in [-0.4, -0.2) is 39.5 Å². The molecule has 1 amide bonds. The molecule has 2 heterocycles. The van der Waals surface area contributed by atoms with Crippen molar-refractivity contribution in [3.63, 3.8) is 0 Å². The number of carbonyl (C=O) groups excluding carboxylic acids is 2. The van der Waals surface area contributed by atoms with Gasteiger partial charge in [0, 0.05) is 11.4 Å². The molecule has 3 aromatic rings. The molecule has 0 fully saturated rings. The lowest BCUT2D eigenvalue weighted by Crippen LogP contribution is -2.17. The van der Waals surface area contributed by atoms with Crippen LogP contribution in [0.2, 0.25) is 0 Å². The number of hydrogen-bond donors (Lipinski definition) is 1. The SMILES string of the molecule is C=CCn1c(SCC(=O)Nc2sc3c(c2C(=O)OC)CCCCCC3)nnc1C(C)Oc1ccc(C)cc1. The molecule has 8 nitrogen and oxygen atoms in total. The van der Waals surface area contributed by atoms with Crippen LogP contribution in [0.15, 0.2) is 42.1 Å². The van der Waals surface area contributed by atoms with Crippen LogP contribution in [0.3, 0.4) is 0 Å². The summed E-state index contributed by atoms with van der Waals surface area (Å²) in [5.41, 5.74) is 2.69. The third-order valence-corrected chi connectivity index (χ3v) is 8.57. The molecule has 2 aromatic heterocycles. The lowest BCUT2D eigenvalue weighted by Gasteiger charge is -2.16. The van der Waals surface area contributed by atoms with Crippen molar-refractivity contribution < 1.29 is 19.1 Å². The minimum atomic E-state index is -0.399. The molecule has 1 aliphatic carbocycles. The van der Waals surface area contributed by atoms with Crippen molar-refractivity contribution in [3.8, 4) is 5.75 Å². The Morgan fingerprint density at radius 3 is 2.63 bits per heavy atom. The number of aromatic nitrogens is 3. The van der Waals surface area contributed by atoms with E-state index < -0.39 is 5.97 Å². The minimum absolute atomic E-state index is 0.117. The zero-order chi connectivity index (χ0) is 27.1. The molecule has 0 spiro atoms. The van der Waals surface area contributed by atoms with Gasteiger partial charge in [0.1, 0.15) is 10.8 Å². The van der Waals surface area contributed by atoms with E-state index in [4.69, 9.17) is 9.47 Å². The van der Waals surface area contributed by atoms with Gasteiger partial charge < -0.3 is 14.8 Å². The second-order valence-electron chi connectivity index (χ2n) is 9.26. The van der Waals surface area contributed by atoms with Crippen LogP contribution in [0, 0.1) is 6.92 Å². The first-order chi connectivity index (χ1) is 18.4. The molecule has 1 aromatic carbocycles. The summed E-state index contributed by atoms with van der Waals surface area (Å²) in [6, 6.07) is 7.84. The highest BCUT2D eigenvalue weighted by Crippen LogP contribution is 2.37. The van der Waals surface area contributed by atoms with E-state index in [1.54, 1.807) is 6.08 Å². The third kappa shape index (κ3) is 6.66. The van der Waals surface area contributed by atoms with Gasteiger partial charge in [0.25, 0.3) is 0 Å². The number of fused-ring (bicyclic) bond motifs is 1. The molecule has 0 saturated heterocycles. The Bertz CT molecular complexity index is 1280. The van der Waals surface area contributed by atoms with Crippen molar-refractivity contribution in [1.82, 2.24) is 14.8 Å². The summed E-state index contributed by atoms with van der Waals surface area (Å²) in [6.45, 7) is 8.28. The summed E-state index contributed by atoms with van der Waals surface area (Å²) < 4.78 is 13.0. The van der Waals surface area contributed by atoms with E-state index in [0.29, 0.717) is 28.1 Å². The normalized spacial score (nSPS) is 14.1. The molecule has 10 heteroatoms. The fraction of sp³-hybridized carbons (Fsp3) is 0.429. The van der Waals surface area contributed by atoms with E-state index in [1.165, 1.54) is 41.5 Å². The van der Waals surface area contributed by atoms with Gasteiger partial charge in [-0.3, -0.25) is 9.36 Å². The summed E-state index contributed by atoms with van der Waals surface area (Å²) in [5, 5.41) is 12.8. The quantitative estimate of drug-likeness (QED) is 0.182. The van der Waals surface area contributed by atoms with Gasteiger partial charge in [-0.05, 0) is 57.2 Å². The smallest absolute Gasteiger partial charge is 0.341 e. The van der Waals surface area contributed by atoms with Gasteiger partial charge in [0.15, 0.2) is 17.1 Å². The van der Waals surface area contributed by atoms with Crippen LogP contribution in [0.25, 0.3) is 0 Å². The van der Waals surface area contributed by atoms with Gasteiger partial charge in [-0.2, -0.15) is 0 Å². The molecule has 1 atom stereocenters. The third-order valence-electron chi connectivity index (χ3n) is 6.40. The molecular formula is C28H34N4O4S2. The Labute approximate surface area is 231 Å². The first-order valence-electron chi connectivity index (χ1n) is 12.8. The van der Waals surface area contributed by atoms with Gasteiger partial charge in [0.05, 0.1) is 18.4 Å². The van der Waals surface area contributed by atoms with E-state index in [9.17, 15) is 9.59 Å². The number of nitrogens with zero attached hydrogens (tertiary/aromatic N) is 3. The number of rotatable bonds is 10. The Morgan fingerprint density at radius 1 is 1.18 bits per heavy atom. The van der Waals surface area contributed by atoms with Gasteiger partial charge in [-0.1, -0.05) is 48.4 Å². The molecule has 0 bridgehead atoms. The van der Waals surface area contributed by atoms with Crippen LogP contribution in [0.4, 0.5) is 5.00 Å². The van der Waals surface area contributed by atoms with Gasteiger partial charge in [-0.25, -0.2) is 4.79 Å². The summed E-state index contributed by atoms with van der Waals surface area (Å²) in [4.78, 5) is 26.8. The zero-order valence-electron chi connectivity index (χ0n) is 22.1. The van der Waals surface area contributed by atoms with Crippen molar-refractivity contribution >= 4 is 40.0 Å². The molecule has 1 N–H and O–H groups in total. The van der Waals surface area contributed by atoms with Crippen LogP contribution >= 0.6 is 23.1 Å². The summed E-state index contributed by atoms with van der Waals surface area (Å²) in [6.07, 6.45) is 7.62. The van der Waals surface area contributed by atoms with Crippen LogP contribution in [0.1, 0.15) is 70.9 Å². The van der Waals surface area contributed by atoms with Crippen molar-refractivity contribution in [3.05, 3.63) is 64.3 Å². The number of esters is 1. The maximum absolute atomic E-state index is 13.0. The molecule has 0 saturated carbocycles. The first-order valence-corrected chi connectivity index (χ1v) is 14.6. The molecule has 0 radical (unpaired) electrons. The van der Waals surface area contributed by atoms with Crippen molar-refractivity contribution in [2.24, 2.45) is 0 Å². The number of nitrogens with one attached hydrogen (secondary N) is 1. The van der Waals surface area contributed by atoms with E-state index in [1.807, 2.05) is 42.7 Å². The highest BCUT2D eigenvalue weighted by molar-refractivity contribution is 7.99. The fourth-order valence-corrected chi connectivity index (χ4v) is 6.55. The second-order valence-corrected chi connectivity index (χ2v) is 11.3. The number of benzene rings is 1. The molecule has 1 unspecified atom stereocenters. The second kappa shape index (κ2) is 13.1. The zero-order valence-corrected chi connectivity index (χ0v) is 23.8. The Hall–Kier alpha value is -3.11. The number of allylic oxidation sites excluding steroid dienone is 1. The molecule has 4 rings (SSSR count). The Morgan fingerprint density at radius 2 is 1.92 bits per heavy atom. The van der Waals surface area contributed by atoms with Crippen molar-refractivity contribution in [1.29, 1.82) is 0 Å². The predicted molar refractivity (Wildman–Crippen MR) is 151 cm³/mol. The average molecular weight is 555 g/mol. The standard InChI is InChI=1S/C28H34N4O4S2/c1-5-16-32-25(19(3)36-20-14-12-18(2)13-15-20)30-31-28(32)37-17-23(33)29-26-24(27(34)35-4)21-10-8-6-7-9-11-22(21)38-26/h5,12-15,19H,1,6-11,16-17H2,2-4H3,(H,29,33). The highest BCUT2D eigenvalue weighted by Gasteiger charge is 2.26. The summed E-state index contributed by atoms with van der Waals surface area (Å²) >= 11 is 2.78. The number of methoxy groups -OCH3 is 1. The minimum Gasteiger partial charge on any atom is -0.483 e. The maximum Gasteiger partial charge on any atom is 0.341 e. The number of thioether (sulfide) groups is 1. The van der Waals surface area contributed by atoms with Crippen LogP contribution in [-0.2, 0) is 28.9 Å². The lowest BCUT2D eigenvalue weighted by molar-refractivity contribution is -0.113. The summed E-state index contributed by atoms with van der Waals surface area (Å²) in [7, 11) is 1.38. The Kier molecular flexibility index (Phi) is 9.63. The van der Waals surface area contributed by atoms with Crippen molar-refractivity contribution in [2.75, 3.05) is 18.2 Å². The number of hydrogen-bond acceptors (Lipinski definition) is 8. The number of amides is 1. The fourth-order valence-electron chi connectivity index (χ4n) is 4.50. The molecule has 202 valence electrons. The van der Waals surface area contributed by atoms with E-state index in [2.05, 4.69) is 22.1 Å². The van der Waals surface area contributed by atoms with E-state index in [0.717, 1.165) is 49.0 Å². The number of ether oxygens (including phenoxy) is 2. The molecule has 1 aliphatic rings. The summed E-state index contributed by atoms with van der Waals surface area (Å²) in [5.74, 6) is 0.902. The van der Waals surface area contributed by atoms with Crippen molar-refractivity contribution in [2.45, 2.75) is 70.2 Å². The van der Waals surface area contributed by atoms with E-state index in [-0.39, 0.29) is 17.8 Å². The Balaban J connectivity index is 1.46. The van der Waals surface area contributed by atoms with E-state index >= 15 is 0 Å². The highest BCUT2D eigenvalue weighted by atomic mass is 32.2. The number of carbonyl (C=O) groups is 2. The molecular weight excluding hydrogens is 520 g/mol.